The molecule has 0 radical (unpaired) electrons. The van der Waals surface area contributed by atoms with Crippen molar-refractivity contribution in [3.63, 3.8) is 0 Å². The van der Waals surface area contributed by atoms with Crippen molar-refractivity contribution in [3.8, 4) is 39.5 Å². The van der Waals surface area contributed by atoms with Crippen molar-refractivity contribution in [2.24, 2.45) is 0 Å². The number of hydrogen-bond acceptors (Lipinski definition) is 3. The second-order valence-corrected chi connectivity index (χ2v) is 15.8. The fourth-order valence-corrected chi connectivity index (χ4v) is 8.52. The van der Waals surface area contributed by atoms with Gasteiger partial charge in [-0.15, -0.1) is 0 Å². The highest BCUT2D eigenvalue weighted by Gasteiger charge is 2.22. The second kappa shape index (κ2) is 12.2. The number of nitrogens with zero attached hydrogens (tertiary/aromatic N) is 3. The van der Waals surface area contributed by atoms with E-state index in [1.165, 1.54) is 54.6 Å². The Morgan fingerprint density at radius 3 is 1.79 bits per heavy atom. The summed E-state index contributed by atoms with van der Waals surface area (Å²) >= 11 is 0. The highest BCUT2D eigenvalue weighted by atomic mass is 16.3. The molecule has 56 heavy (non-hydrogen) atoms. The van der Waals surface area contributed by atoms with Crippen LogP contribution in [0.1, 0.15) is 26.3 Å². The largest absolute Gasteiger partial charge is 0.452 e. The Morgan fingerprint density at radius 1 is 0.482 bits per heavy atom. The lowest BCUT2D eigenvalue weighted by Crippen LogP contribution is -2.10. The van der Waals surface area contributed by atoms with Crippen molar-refractivity contribution in [3.05, 3.63) is 175 Å². The van der Waals surface area contributed by atoms with Crippen LogP contribution >= 0.6 is 0 Å². The number of aromatic nitrogens is 3. The lowest BCUT2D eigenvalue weighted by molar-refractivity contribution is 0.590. The molecular formula is C52H37N3O. The molecule has 8 aromatic carbocycles. The Balaban J connectivity index is 1.10. The first kappa shape index (κ1) is 32.4. The van der Waals surface area contributed by atoms with Gasteiger partial charge in [0.15, 0.2) is 5.58 Å². The molecule has 3 aromatic heterocycles. The molecule has 0 saturated heterocycles. The van der Waals surface area contributed by atoms with Crippen LogP contribution in [0, 0.1) is 0 Å². The van der Waals surface area contributed by atoms with Gasteiger partial charge in [0.05, 0.1) is 11.0 Å². The Labute approximate surface area is 324 Å². The predicted octanol–water partition coefficient (Wildman–Crippen LogP) is 14.1. The molecule has 0 aliphatic carbocycles. The number of hydrogen-bond donors (Lipinski definition) is 0. The van der Waals surface area contributed by atoms with Gasteiger partial charge in [-0.1, -0.05) is 160 Å². The van der Waals surface area contributed by atoms with Gasteiger partial charge in [-0.2, -0.15) is 0 Å². The number of para-hydroxylation sites is 2. The Hall–Kier alpha value is -7.04. The molecule has 266 valence electrons. The predicted molar refractivity (Wildman–Crippen MR) is 234 cm³/mol. The van der Waals surface area contributed by atoms with Gasteiger partial charge in [0.25, 0.3) is 0 Å². The van der Waals surface area contributed by atoms with E-state index in [1.807, 2.05) is 18.2 Å². The van der Waals surface area contributed by atoms with Crippen molar-refractivity contribution in [1.82, 2.24) is 14.5 Å². The standard InChI is InChI=1S/C52H37N3O/c1-52(2,3)38-28-26-33(27-29-38)40-19-11-15-34-14-10-18-39(47(34)40)32-22-24-35(25-23-32)48-50-49(42-17-7-9-21-46(42)56-50)54-51(53-48)55-44-20-8-6-16-41(44)43-30-36-12-4-5-13-37(36)31-45(43)55/h4-31H,1-3H3. The number of rotatable bonds is 4. The second-order valence-electron chi connectivity index (χ2n) is 15.8. The lowest BCUT2D eigenvalue weighted by Gasteiger charge is -2.19. The molecule has 4 nitrogen and oxygen atoms in total. The average molecular weight is 720 g/mol. The highest BCUT2D eigenvalue weighted by Crippen LogP contribution is 2.41. The fraction of sp³-hybridized carbons (Fsp3) is 0.0769. The fourth-order valence-electron chi connectivity index (χ4n) is 8.52. The average Bonchev–Trinajstić information content (AvgIpc) is 3.77. The first-order valence-electron chi connectivity index (χ1n) is 19.2. The minimum absolute atomic E-state index is 0.0981. The van der Waals surface area contributed by atoms with Crippen LogP contribution in [0.3, 0.4) is 0 Å². The maximum absolute atomic E-state index is 6.58. The third-order valence-corrected chi connectivity index (χ3v) is 11.4. The van der Waals surface area contributed by atoms with E-state index in [1.54, 1.807) is 0 Å². The van der Waals surface area contributed by atoms with Crippen molar-refractivity contribution >= 4 is 65.4 Å². The summed E-state index contributed by atoms with van der Waals surface area (Å²) in [5.41, 5.74) is 12.3. The van der Waals surface area contributed by atoms with Crippen LogP contribution in [0.4, 0.5) is 0 Å². The molecule has 11 aromatic rings. The van der Waals surface area contributed by atoms with Gasteiger partial charge in [-0.3, -0.25) is 4.57 Å². The van der Waals surface area contributed by atoms with Crippen molar-refractivity contribution in [2.75, 3.05) is 0 Å². The van der Waals surface area contributed by atoms with E-state index >= 15 is 0 Å². The zero-order chi connectivity index (χ0) is 37.5. The van der Waals surface area contributed by atoms with Crippen LogP contribution in [-0.4, -0.2) is 14.5 Å². The third kappa shape index (κ3) is 5.06. The summed E-state index contributed by atoms with van der Waals surface area (Å²) in [5, 5.41) is 8.14. The molecular weight excluding hydrogens is 683 g/mol. The molecule has 3 heterocycles. The molecule has 0 fully saturated rings. The zero-order valence-electron chi connectivity index (χ0n) is 31.4. The normalized spacial score (nSPS) is 12.2. The highest BCUT2D eigenvalue weighted by molar-refractivity contribution is 6.14. The Kier molecular flexibility index (Phi) is 7.08. The first-order valence-corrected chi connectivity index (χ1v) is 19.2. The van der Waals surface area contributed by atoms with Crippen molar-refractivity contribution < 1.29 is 4.42 Å². The lowest BCUT2D eigenvalue weighted by atomic mass is 9.85. The Bertz CT molecular complexity index is 3320. The molecule has 4 heteroatoms. The van der Waals surface area contributed by atoms with Crippen molar-refractivity contribution in [2.45, 2.75) is 26.2 Å². The van der Waals surface area contributed by atoms with E-state index in [0.717, 1.165) is 44.3 Å². The Morgan fingerprint density at radius 2 is 1.07 bits per heavy atom. The van der Waals surface area contributed by atoms with Gasteiger partial charge in [-0.25, -0.2) is 9.97 Å². The number of benzene rings is 8. The minimum Gasteiger partial charge on any atom is -0.452 e. The van der Waals surface area contributed by atoms with E-state index in [2.05, 4.69) is 177 Å². The zero-order valence-corrected chi connectivity index (χ0v) is 31.4. The molecule has 0 atom stereocenters. The van der Waals surface area contributed by atoms with Crippen LogP contribution in [0.2, 0.25) is 0 Å². The first-order chi connectivity index (χ1) is 27.4. The molecule has 0 bridgehead atoms. The molecule has 0 N–H and O–H groups in total. The molecule has 0 aliphatic rings. The van der Waals surface area contributed by atoms with Crippen LogP contribution in [0.25, 0.3) is 105 Å². The monoisotopic (exact) mass is 719 g/mol. The quantitative estimate of drug-likeness (QED) is 0.182. The van der Waals surface area contributed by atoms with E-state index in [4.69, 9.17) is 14.4 Å². The number of furan rings is 1. The summed E-state index contributed by atoms with van der Waals surface area (Å²) in [6.45, 7) is 6.78. The van der Waals surface area contributed by atoms with Gasteiger partial charge >= 0.3 is 0 Å². The third-order valence-electron chi connectivity index (χ3n) is 11.4. The summed E-state index contributed by atoms with van der Waals surface area (Å²) in [6.07, 6.45) is 0. The van der Waals surface area contributed by atoms with Crippen LogP contribution < -0.4 is 0 Å². The maximum atomic E-state index is 6.58. The molecule has 0 unspecified atom stereocenters. The summed E-state index contributed by atoms with van der Waals surface area (Å²) in [4.78, 5) is 10.7. The summed E-state index contributed by atoms with van der Waals surface area (Å²) in [5.74, 6) is 0.612. The van der Waals surface area contributed by atoms with Gasteiger partial charge in [0, 0.05) is 21.7 Å². The van der Waals surface area contributed by atoms with Crippen molar-refractivity contribution in [1.29, 1.82) is 0 Å². The number of fused-ring (bicyclic) bond motifs is 8. The maximum Gasteiger partial charge on any atom is 0.236 e. The SMILES string of the molecule is CC(C)(C)c1ccc(-c2cccc3cccc(-c4ccc(-c5nc(-n6c7ccccc7c7cc8ccccc8cc76)nc6c5oc5ccccc56)cc4)c23)cc1. The minimum atomic E-state index is 0.0981. The molecule has 11 rings (SSSR count). The van der Waals surface area contributed by atoms with Gasteiger partial charge in [-0.05, 0) is 85.1 Å². The van der Waals surface area contributed by atoms with E-state index in [0.29, 0.717) is 11.5 Å². The van der Waals surface area contributed by atoms with E-state index in [-0.39, 0.29) is 5.41 Å². The van der Waals surface area contributed by atoms with Crippen LogP contribution in [0.5, 0.6) is 0 Å². The summed E-state index contributed by atoms with van der Waals surface area (Å²) < 4.78 is 8.79. The van der Waals surface area contributed by atoms with E-state index in [9.17, 15) is 0 Å². The summed E-state index contributed by atoms with van der Waals surface area (Å²) in [6, 6.07) is 60.8. The van der Waals surface area contributed by atoms with Gasteiger partial charge < -0.3 is 4.42 Å². The smallest absolute Gasteiger partial charge is 0.236 e. The molecule has 0 spiro atoms. The van der Waals surface area contributed by atoms with Gasteiger partial charge in [0.2, 0.25) is 5.95 Å². The van der Waals surface area contributed by atoms with Crippen LogP contribution in [0.15, 0.2) is 174 Å². The molecule has 0 aliphatic heterocycles. The summed E-state index contributed by atoms with van der Waals surface area (Å²) in [7, 11) is 0. The van der Waals surface area contributed by atoms with Gasteiger partial charge in [0.1, 0.15) is 16.8 Å². The molecule has 0 saturated carbocycles. The molecule has 0 amide bonds. The van der Waals surface area contributed by atoms with E-state index < -0.39 is 0 Å². The van der Waals surface area contributed by atoms with Crippen LogP contribution in [-0.2, 0) is 5.41 Å². The topological polar surface area (TPSA) is 43.9 Å².